The standard InChI is InChI=1S/C67H122O6/c1-4-7-10-13-16-19-22-24-26-28-29-30-31-32-33-34-35-36-37-39-40-42-45-48-51-54-57-60-66(69)72-63-64(62-71-65(68)59-56-53-50-47-44-21-18-15-12-9-6-3)73-67(70)61-58-55-52-49-46-43-41-38-27-25-23-20-17-14-11-8-5-2/h7,10,16,19,24,26,29-30,64H,4-6,8-9,11-15,17-18,20-23,25,27-28,31-63H2,1-3H3/b10-7-,19-16-,26-24-,30-29-. The van der Waals surface area contributed by atoms with Crippen molar-refractivity contribution in [2.45, 2.75) is 348 Å². The van der Waals surface area contributed by atoms with Crippen molar-refractivity contribution in [2.75, 3.05) is 13.2 Å². The minimum Gasteiger partial charge on any atom is -0.462 e. The van der Waals surface area contributed by atoms with Gasteiger partial charge < -0.3 is 14.2 Å². The summed E-state index contributed by atoms with van der Waals surface area (Å²) in [6, 6.07) is 0. The molecule has 0 aromatic carbocycles. The van der Waals surface area contributed by atoms with Crippen molar-refractivity contribution < 1.29 is 28.6 Å². The molecule has 6 heteroatoms. The molecule has 0 N–H and O–H groups in total. The molecule has 0 saturated heterocycles. The first-order valence-electron chi connectivity index (χ1n) is 32.1. The Kier molecular flexibility index (Phi) is 59.7. The van der Waals surface area contributed by atoms with Gasteiger partial charge in [-0.2, -0.15) is 0 Å². The van der Waals surface area contributed by atoms with Crippen LogP contribution in [0.4, 0.5) is 0 Å². The number of hydrogen-bond donors (Lipinski definition) is 0. The number of rotatable bonds is 59. The minimum absolute atomic E-state index is 0.0668. The van der Waals surface area contributed by atoms with E-state index in [0.717, 1.165) is 83.5 Å². The SMILES string of the molecule is CC/C=C\C/C=C\C/C=C\C/C=C\CCCCCCCCCCCCCCCCC(=O)OCC(COC(=O)CCCCCCCCCCCCC)OC(=O)CCCCCCCCCCCCCCCCCCC. The molecule has 1 atom stereocenters. The molecule has 0 heterocycles. The van der Waals surface area contributed by atoms with Gasteiger partial charge in [0.05, 0.1) is 0 Å². The summed E-state index contributed by atoms with van der Waals surface area (Å²) in [7, 11) is 0. The molecule has 0 aliphatic carbocycles. The molecule has 0 aromatic heterocycles. The zero-order valence-corrected chi connectivity index (χ0v) is 48.9. The van der Waals surface area contributed by atoms with Crippen LogP contribution in [-0.2, 0) is 28.6 Å². The van der Waals surface area contributed by atoms with Gasteiger partial charge in [0.1, 0.15) is 13.2 Å². The third-order valence-electron chi connectivity index (χ3n) is 14.3. The molecule has 6 nitrogen and oxygen atoms in total. The summed E-state index contributed by atoms with van der Waals surface area (Å²) in [6.07, 6.45) is 76.9. The molecule has 0 rings (SSSR count). The van der Waals surface area contributed by atoms with E-state index < -0.39 is 6.10 Å². The van der Waals surface area contributed by atoms with Crippen LogP contribution < -0.4 is 0 Å². The van der Waals surface area contributed by atoms with Crippen LogP contribution in [0.25, 0.3) is 0 Å². The highest BCUT2D eigenvalue weighted by Crippen LogP contribution is 2.18. The van der Waals surface area contributed by atoms with E-state index in [0.29, 0.717) is 19.3 Å². The molecular formula is C67H122O6. The molecule has 0 aliphatic rings. The van der Waals surface area contributed by atoms with E-state index in [-0.39, 0.29) is 31.1 Å². The van der Waals surface area contributed by atoms with E-state index in [1.54, 1.807) is 0 Å². The smallest absolute Gasteiger partial charge is 0.306 e. The number of esters is 3. The van der Waals surface area contributed by atoms with Crippen LogP contribution in [0.1, 0.15) is 342 Å². The van der Waals surface area contributed by atoms with E-state index in [2.05, 4.69) is 69.4 Å². The molecule has 0 amide bonds. The summed E-state index contributed by atoms with van der Waals surface area (Å²) in [5, 5.41) is 0. The zero-order valence-electron chi connectivity index (χ0n) is 48.9. The molecule has 0 aromatic rings. The number of carbonyl (C=O) groups excluding carboxylic acids is 3. The van der Waals surface area contributed by atoms with Crippen molar-refractivity contribution in [3.63, 3.8) is 0 Å². The van der Waals surface area contributed by atoms with E-state index in [4.69, 9.17) is 14.2 Å². The molecule has 73 heavy (non-hydrogen) atoms. The average molecular weight is 1020 g/mol. The Balaban J connectivity index is 4.18. The van der Waals surface area contributed by atoms with Gasteiger partial charge in [0, 0.05) is 19.3 Å². The predicted octanol–water partition coefficient (Wildman–Crippen LogP) is 21.8. The summed E-state index contributed by atoms with van der Waals surface area (Å²) in [4.78, 5) is 38.2. The van der Waals surface area contributed by atoms with Gasteiger partial charge in [-0.1, -0.05) is 313 Å². The number of hydrogen-bond acceptors (Lipinski definition) is 6. The summed E-state index contributed by atoms with van der Waals surface area (Å²) in [6.45, 7) is 6.58. The summed E-state index contributed by atoms with van der Waals surface area (Å²) >= 11 is 0. The van der Waals surface area contributed by atoms with E-state index in [1.165, 1.54) is 218 Å². The normalized spacial score (nSPS) is 12.3. The first kappa shape index (κ1) is 70.4. The van der Waals surface area contributed by atoms with Gasteiger partial charge in [0.15, 0.2) is 6.10 Å². The second-order valence-corrected chi connectivity index (χ2v) is 21.7. The second-order valence-electron chi connectivity index (χ2n) is 21.7. The lowest BCUT2D eigenvalue weighted by Gasteiger charge is -2.18. The van der Waals surface area contributed by atoms with Crippen LogP contribution in [0.15, 0.2) is 48.6 Å². The Morgan fingerprint density at radius 2 is 0.534 bits per heavy atom. The first-order chi connectivity index (χ1) is 36.0. The van der Waals surface area contributed by atoms with Gasteiger partial charge in [-0.15, -0.1) is 0 Å². The lowest BCUT2D eigenvalue weighted by Crippen LogP contribution is -2.30. The van der Waals surface area contributed by atoms with Crippen molar-refractivity contribution in [1.82, 2.24) is 0 Å². The van der Waals surface area contributed by atoms with Gasteiger partial charge in [0.25, 0.3) is 0 Å². The summed E-state index contributed by atoms with van der Waals surface area (Å²) in [5.74, 6) is -0.845. The third kappa shape index (κ3) is 60.1. The van der Waals surface area contributed by atoms with Gasteiger partial charge in [-0.05, 0) is 57.8 Å². The van der Waals surface area contributed by atoms with Crippen LogP contribution in [0.2, 0.25) is 0 Å². The molecule has 0 radical (unpaired) electrons. The highest BCUT2D eigenvalue weighted by Gasteiger charge is 2.19. The van der Waals surface area contributed by atoms with Gasteiger partial charge in [0.2, 0.25) is 0 Å². The zero-order chi connectivity index (χ0) is 52.9. The largest absolute Gasteiger partial charge is 0.462 e. The number of carbonyl (C=O) groups is 3. The van der Waals surface area contributed by atoms with Crippen LogP contribution in [0.5, 0.6) is 0 Å². The molecule has 0 saturated carbocycles. The monoisotopic (exact) mass is 1020 g/mol. The van der Waals surface area contributed by atoms with Crippen LogP contribution >= 0.6 is 0 Å². The fourth-order valence-corrected chi connectivity index (χ4v) is 9.56. The number of allylic oxidation sites excluding steroid dienone is 8. The van der Waals surface area contributed by atoms with Crippen molar-refractivity contribution in [3.8, 4) is 0 Å². The van der Waals surface area contributed by atoms with Gasteiger partial charge >= 0.3 is 17.9 Å². The highest BCUT2D eigenvalue weighted by molar-refractivity contribution is 5.71. The average Bonchev–Trinajstić information content (AvgIpc) is 3.39. The van der Waals surface area contributed by atoms with E-state index in [1.807, 2.05) is 0 Å². The Labute approximate surface area is 454 Å². The number of ether oxygens (including phenoxy) is 3. The maximum Gasteiger partial charge on any atom is 0.306 e. The highest BCUT2D eigenvalue weighted by atomic mass is 16.6. The topological polar surface area (TPSA) is 78.9 Å². The fourth-order valence-electron chi connectivity index (χ4n) is 9.56. The summed E-state index contributed by atoms with van der Waals surface area (Å²) < 4.78 is 16.9. The summed E-state index contributed by atoms with van der Waals surface area (Å²) in [5.41, 5.74) is 0. The van der Waals surface area contributed by atoms with Crippen molar-refractivity contribution in [2.24, 2.45) is 0 Å². The fraction of sp³-hybridized carbons (Fsp3) is 0.836. The second kappa shape index (κ2) is 61.9. The first-order valence-corrected chi connectivity index (χ1v) is 32.1. The molecule has 426 valence electrons. The van der Waals surface area contributed by atoms with E-state index in [9.17, 15) is 14.4 Å². The minimum atomic E-state index is -0.768. The lowest BCUT2D eigenvalue weighted by atomic mass is 10.0. The Bertz CT molecular complexity index is 1270. The quantitative estimate of drug-likeness (QED) is 0.0261. The van der Waals surface area contributed by atoms with Crippen molar-refractivity contribution >= 4 is 17.9 Å². The van der Waals surface area contributed by atoms with Gasteiger partial charge in [-0.3, -0.25) is 14.4 Å². The molecule has 0 bridgehead atoms. The van der Waals surface area contributed by atoms with Crippen molar-refractivity contribution in [3.05, 3.63) is 48.6 Å². The maximum atomic E-state index is 12.9. The lowest BCUT2D eigenvalue weighted by molar-refractivity contribution is -0.167. The Hall–Kier alpha value is -2.63. The van der Waals surface area contributed by atoms with Gasteiger partial charge in [-0.25, -0.2) is 0 Å². The predicted molar refractivity (Wildman–Crippen MR) is 316 cm³/mol. The Morgan fingerprint density at radius 3 is 0.836 bits per heavy atom. The molecule has 0 aliphatic heterocycles. The van der Waals surface area contributed by atoms with Crippen LogP contribution in [-0.4, -0.2) is 37.2 Å². The number of unbranched alkanes of at least 4 members (excludes halogenated alkanes) is 40. The molecule has 0 fully saturated rings. The molecule has 0 spiro atoms. The Morgan fingerprint density at radius 1 is 0.288 bits per heavy atom. The van der Waals surface area contributed by atoms with Crippen LogP contribution in [0.3, 0.4) is 0 Å². The van der Waals surface area contributed by atoms with E-state index >= 15 is 0 Å². The van der Waals surface area contributed by atoms with Crippen LogP contribution in [0, 0.1) is 0 Å². The molecule has 1 unspecified atom stereocenters. The maximum absolute atomic E-state index is 12.9. The van der Waals surface area contributed by atoms with Crippen molar-refractivity contribution in [1.29, 1.82) is 0 Å². The molecular weight excluding hydrogens is 901 g/mol. The third-order valence-corrected chi connectivity index (χ3v) is 14.3.